The van der Waals surface area contributed by atoms with E-state index in [2.05, 4.69) is 52.5 Å². The second-order valence-electron chi connectivity index (χ2n) is 7.56. The number of rotatable bonds is 7. The van der Waals surface area contributed by atoms with Crippen LogP contribution in [0.3, 0.4) is 0 Å². The summed E-state index contributed by atoms with van der Waals surface area (Å²) in [5.74, 6) is 0.574. The summed E-state index contributed by atoms with van der Waals surface area (Å²) in [7, 11) is 1.90. The lowest BCUT2D eigenvalue weighted by atomic mass is 10.1. The molecule has 1 N–H and O–H groups in total. The van der Waals surface area contributed by atoms with Gasteiger partial charge in [-0.05, 0) is 50.3 Å². The quantitative estimate of drug-likeness (QED) is 0.840. The molecule has 5 nitrogen and oxygen atoms in total. The Balaban J connectivity index is 1.33. The number of hydrogen-bond acceptors (Lipinski definition) is 3. The third kappa shape index (κ3) is 3.86. The summed E-state index contributed by atoms with van der Waals surface area (Å²) in [6.07, 6.45) is 8.70. The number of carbonyl (C=O) groups excluding carboxylic acids is 1. The number of aromatic nitrogens is 2. The lowest BCUT2D eigenvalue weighted by molar-refractivity contribution is -0.131. The molecule has 2 fully saturated rings. The van der Waals surface area contributed by atoms with E-state index in [4.69, 9.17) is 0 Å². The zero-order chi connectivity index (χ0) is 17.4. The summed E-state index contributed by atoms with van der Waals surface area (Å²) < 4.78 is 2.08. The normalized spacial score (nSPS) is 18.0. The summed E-state index contributed by atoms with van der Waals surface area (Å²) in [4.78, 5) is 13.9. The van der Waals surface area contributed by atoms with Crippen molar-refractivity contribution in [1.82, 2.24) is 14.7 Å². The average molecular weight is 338 g/mol. The molecule has 0 bridgehead atoms. The highest BCUT2D eigenvalue weighted by Gasteiger charge is 2.32. The van der Waals surface area contributed by atoms with Crippen molar-refractivity contribution in [2.24, 2.45) is 5.92 Å². The largest absolute Gasteiger partial charge is 0.381 e. The minimum absolute atomic E-state index is 0.219. The maximum atomic E-state index is 12.0. The topological polar surface area (TPSA) is 50.2 Å². The third-order valence-corrected chi connectivity index (χ3v) is 5.00. The summed E-state index contributed by atoms with van der Waals surface area (Å²) in [5.41, 5.74) is 3.44. The van der Waals surface area contributed by atoms with Crippen LogP contribution < -0.4 is 5.32 Å². The molecule has 2 saturated carbocycles. The Hall–Kier alpha value is -2.30. The van der Waals surface area contributed by atoms with E-state index >= 15 is 0 Å². The smallest absolute Gasteiger partial charge is 0.225 e. The predicted octanol–water partition coefficient (Wildman–Crippen LogP) is 3.55. The van der Waals surface area contributed by atoms with E-state index in [1.54, 1.807) is 0 Å². The molecule has 4 rings (SSSR count). The van der Waals surface area contributed by atoms with Gasteiger partial charge in [-0.25, -0.2) is 0 Å². The molecule has 1 unspecified atom stereocenters. The Morgan fingerprint density at radius 1 is 1.24 bits per heavy atom. The van der Waals surface area contributed by atoms with Gasteiger partial charge >= 0.3 is 0 Å². The molecule has 2 aromatic rings. The first-order valence-corrected chi connectivity index (χ1v) is 9.26. The zero-order valence-corrected chi connectivity index (χ0v) is 15.0. The SMILES string of the molecule is CC(CN(C)C(=O)C1CC1)Nc1ccc(-c2cnn(C3CC3)c2)cc1. The van der Waals surface area contributed by atoms with E-state index in [1.165, 1.54) is 24.0 Å². The van der Waals surface area contributed by atoms with E-state index in [9.17, 15) is 4.79 Å². The molecule has 25 heavy (non-hydrogen) atoms. The van der Waals surface area contributed by atoms with Gasteiger partial charge in [-0.15, -0.1) is 0 Å². The third-order valence-electron chi connectivity index (χ3n) is 5.00. The highest BCUT2D eigenvalue weighted by Crippen LogP contribution is 2.35. The highest BCUT2D eigenvalue weighted by molar-refractivity contribution is 5.80. The number of benzene rings is 1. The molecule has 1 atom stereocenters. The molecule has 1 aromatic carbocycles. The van der Waals surface area contributed by atoms with E-state index in [0.29, 0.717) is 6.04 Å². The Morgan fingerprint density at radius 2 is 1.96 bits per heavy atom. The number of nitrogens with zero attached hydrogens (tertiary/aromatic N) is 3. The molecule has 1 heterocycles. The highest BCUT2D eigenvalue weighted by atomic mass is 16.2. The minimum Gasteiger partial charge on any atom is -0.381 e. The van der Waals surface area contributed by atoms with E-state index in [1.807, 2.05) is 18.1 Å². The van der Waals surface area contributed by atoms with Crippen LogP contribution in [0.4, 0.5) is 5.69 Å². The molecular weight excluding hydrogens is 312 g/mol. The van der Waals surface area contributed by atoms with Crippen LogP contribution in [0, 0.1) is 5.92 Å². The number of anilines is 1. The van der Waals surface area contributed by atoms with Crippen LogP contribution in [-0.2, 0) is 4.79 Å². The summed E-state index contributed by atoms with van der Waals surface area (Å²) in [6, 6.07) is 9.29. The van der Waals surface area contributed by atoms with Crippen LogP contribution in [-0.4, -0.2) is 40.2 Å². The molecule has 1 amide bonds. The van der Waals surface area contributed by atoms with Crippen molar-refractivity contribution in [3.8, 4) is 11.1 Å². The molecule has 0 radical (unpaired) electrons. The lowest BCUT2D eigenvalue weighted by Gasteiger charge is -2.23. The van der Waals surface area contributed by atoms with Gasteiger partial charge in [0.15, 0.2) is 0 Å². The van der Waals surface area contributed by atoms with Crippen LogP contribution in [0.5, 0.6) is 0 Å². The van der Waals surface area contributed by atoms with E-state index < -0.39 is 0 Å². The van der Waals surface area contributed by atoms with Gasteiger partial charge in [-0.1, -0.05) is 12.1 Å². The Morgan fingerprint density at radius 3 is 2.60 bits per heavy atom. The fourth-order valence-electron chi connectivity index (χ4n) is 3.26. The van der Waals surface area contributed by atoms with Crippen molar-refractivity contribution in [1.29, 1.82) is 0 Å². The van der Waals surface area contributed by atoms with Crippen molar-refractivity contribution < 1.29 is 4.79 Å². The van der Waals surface area contributed by atoms with Gasteiger partial charge in [0.25, 0.3) is 0 Å². The summed E-state index contributed by atoms with van der Waals surface area (Å²) >= 11 is 0. The fraction of sp³-hybridized carbons (Fsp3) is 0.500. The Kier molecular flexibility index (Phi) is 4.24. The number of likely N-dealkylation sites (N-methyl/N-ethyl adjacent to an activating group) is 1. The zero-order valence-electron chi connectivity index (χ0n) is 15.0. The molecule has 5 heteroatoms. The standard InChI is InChI=1S/C20H26N4O/c1-14(12-23(2)20(25)16-3-4-16)22-18-7-5-15(6-8-18)17-11-21-24(13-17)19-9-10-19/h5-8,11,13-14,16,19,22H,3-4,9-10,12H2,1-2H3. The average Bonchev–Trinajstić information content (AvgIpc) is 3.53. The second kappa shape index (κ2) is 6.54. The van der Waals surface area contributed by atoms with Crippen LogP contribution in [0.1, 0.15) is 38.6 Å². The molecule has 0 spiro atoms. The number of nitrogens with one attached hydrogen (secondary N) is 1. The molecule has 2 aliphatic carbocycles. The van der Waals surface area contributed by atoms with Gasteiger partial charge in [0, 0.05) is 43.0 Å². The first-order valence-electron chi connectivity index (χ1n) is 9.26. The summed E-state index contributed by atoms with van der Waals surface area (Å²) in [5, 5.41) is 7.94. The first kappa shape index (κ1) is 16.2. The van der Waals surface area contributed by atoms with Crippen LogP contribution in [0.15, 0.2) is 36.7 Å². The fourth-order valence-corrected chi connectivity index (χ4v) is 3.26. The lowest BCUT2D eigenvalue weighted by Crippen LogP contribution is -2.37. The molecule has 0 aliphatic heterocycles. The maximum absolute atomic E-state index is 12.0. The molecule has 1 aromatic heterocycles. The number of carbonyl (C=O) groups is 1. The second-order valence-corrected chi connectivity index (χ2v) is 7.56. The van der Waals surface area contributed by atoms with Crippen molar-refractivity contribution in [3.05, 3.63) is 36.7 Å². The molecule has 2 aliphatic rings. The van der Waals surface area contributed by atoms with Crippen molar-refractivity contribution in [3.63, 3.8) is 0 Å². The van der Waals surface area contributed by atoms with Gasteiger partial charge in [-0.2, -0.15) is 5.10 Å². The number of hydrogen-bond donors (Lipinski definition) is 1. The van der Waals surface area contributed by atoms with Crippen LogP contribution in [0.25, 0.3) is 11.1 Å². The van der Waals surface area contributed by atoms with Gasteiger partial charge in [0.2, 0.25) is 5.91 Å². The molecular formula is C20H26N4O. The monoisotopic (exact) mass is 338 g/mol. The van der Waals surface area contributed by atoms with E-state index in [0.717, 1.165) is 25.1 Å². The van der Waals surface area contributed by atoms with Gasteiger partial charge in [0.05, 0.1) is 12.2 Å². The van der Waals surface area contributed by atoms with Crippen molar-refractivity contribution >= 4 is 11.6 Å². The number of amides is 1. The first-order chi connectivity index (χ1) is 12.1. The summed E-state index contributed by atoms with van der Waals surface area (Å²) in [6.45, 7) is 2.84. The van der Waals surface area contributed by atoms with Crippen molar-refractivity contribution in [2.75, 3.05) is 18.9 Å². The predicted molar refractivity (Wildman–Crippen MR) is 99.4 cm³/mol. The van der Waals surface area contributed by atoms with E-state index in [-0.39, 0.29) is 17.9 Å². The maximum Gasteiger partial charge on any atom is 0.225 e. The molecule has 0 saturated heterocycles. The van der Waals surface area contributed by atoms with Crippen LogP contribution in [0.2, 0.25) is 0 Å². The minimum atomic E-state index is 0.219. The van der Waals surface area contributed by atoms with Gasteiger partial charge in [0.1, 0.15) is 0 Å². The van der Waals surface area contributed by atoms with Gasteiger partial charge in [-0.3, -0.25) is 9.48 Å². The van der Waals surface area contributed by atoms with Crippen molar-refractivity contribution in [2.45, 2.75) is 44.7 Å². The Labute approximate surface area is 149 Å². The van der Waals surface area contributed by atoms with Gasteiger partial charge < -0.3 is 10.2 Å². The van der Waals surface area contributed by atoms with Crippen LogP contribution >= 0.6 is 0 Å². The molecule has 132 valence electrons. The Bertz CT molecular complexity index is 743.